The summed E-state index contributed by atoms with van der Waals surface area (Å²) in [5, 5.41) is 9.40. The first-order chi connectivity index (χ1) is 20.0. The summed E-state index contributed by atoms with van der Waals surface area (Å²) >= 11 is 5.72. The first kappa shape index (κ1) is 28.4. The minimum absolute atomic E-state index is 0.00586. The van der Waals surface area contributed by atoms with Crippen molar-refractivity contribution in [2.75, 3.05) is 13.2 Å². The van der Waals surface area contributed by atoms with Gasteiger partial charge in [0.25, 0.3) is 0 Å². The summed E-state index contributed by atoms with van der Waals surface area (Å²) in [5.74, 6) is -1.31. The van der Waals surface area contributed by atoms with Crippen LogP contribution in [-0.2, 0) is 43.6 Å². The van der Waals surface area contributed by atoms with Crippen LogP contribution >= 0.6 is 11.6 Å². The van der Waals surface area contributed by atoms with Crippen LogP contribution in [0.2, 0.25) is 5.02 Å². The number of carbonyl (C=O) groups is 1. The molecule has 2 aliphatic rings. The van der Waals surface area contributed by atoms with Crippen LogP contribution < -0.4 is 4.74 Å². The van der Waals surface area contributed by atoms with E-state index in [1.165, 1.54) is 24.3 Å². The molecule has 7 nitrogen and oxygen atoms in total. The van der Waals surface area contributed by atoms with E-state index in [1.54, 1.807) is 12.1 Å². The summed E-state index contributed by atoms with van der Waals surface area (Å²) in [7, 11) is 0. The summed E-state index contributed by atoms with van der Waals surface area (Å²) in [5.41, 5.74) is 2.28. The Morgan fingerprint density at radius 2 is 1.95 bits per heavy atom. The number of aromatic nitrogens is 2. The molecule has 0 spiro atoms. The first-order valence-electron chi connectivity index (χ1n) is 13.4. The van der Waals surface area contributed by atoms with Crippen molar-refractivity contribution in [3.63, 3.8) is 0 Å². The largest absolute Gasteiger partial charge is 0.488 e. The molecule has 1 saturated heterocycles. The lowest BCUT2D eigenvalue weighted by Gasteiger charge is -2.31. The lowest BCUT2D eigenvalue weighted by Crippen LogP contribution is -2.34. The quantitative estimate of drug-likeness (QED) is 0.233. The summed E-state index contributed by atoms with van der Waals surface area (Å²) in [6.45, 7) is 2.22. The normalized spacial score (nSPS) is 17.2. The van der Waals surface area contributed by atoms with Gasteiger partial charge in [-0.2, -0.15) is 13.2 Å². The van der Waals surface area contributed by atoms with Crippen molar-refractivity contribution >= 4 is 28.6 Å². The molecule has 1 fully saturated rings. The Hall–Kier alpha value is -3.67. The molecule has 1 aromatic heterocycles. The van der Waals surface area contributed by atoms with E-state index in [1.807, 2.05) is 4.57 Å². The smallest absolute Gasteiger partial charge is 0.419 e. The van der Waals surface area contributed by atoms with Gasteiger partial charge in [-0.05, 0) is 72.0 Å². The van der Waals surface area contributed by atoms with Crippen LogP contribution in [-0.4, -0.2) is 44.8 Å². The first-order valence-corrected chi connectivity index (χ1v) is 13.8. The Bertz CT molecular complexity index is 1670. The van der Waals surface area contributed by atoms with E-state index in [-0.39, 0.29) is 29.0 Å². The van der Waals surface area contributed by atoms with Gasteiger partial charge in [-0.25, -0.2) is 14.2 Å². The fraction of sp³-hybridized carbons (Fsp3) is 0.333. The van der Waals surface area contributed by atoms with Crippen molar-refractivity contribution in [2.45, 2.75) is 51.4 Å². The third kappa shape index (κ3) is 5.81. The lowest BCUT2D eigenvalue weighted by molar-refractivity contribution is -0.139. The molecule has 6 rings (SSSR count). The van der Waals surface area contributed by atoms with Crippen molar-refractivity contribution in [1.82, 2.24) is 14.5 Å². The third-order valence-corrected chi connectivity index (χ3v) is 8.00. The van der Waals surface area contributed by atoms with E-state index in [9.17, 15) is 27.5 Å². The molecule has 12 heteroatoms. The van der Waals surface area contributed by atoms with Gasteiger partial charge >= 0.3 is 12.1 Å². The molecule has 0 saturated carbocycles. The van der Waals surface area contributed by atoms with Gasteiger partial charge in [0, 0.05) is 19.7 Å². The maximum atomic E-state index is 14.0. The maximum absolute atomic E-state index is 14.0. The molecule has 42 heavy (non-hydrogen) atoms. The molecule has 220 valence electrons. The Morgan fingerprint density at radius 1 is 1.14 bits per heavy atom. The Balaban J connectivity index is 1.27. The number of imidazole rings is 1. The van der Waals surface area contributed by atoms with Gasteiger partial charge in [0.1, 0.15) is 24.0 Å². The average molecular weight is 604 g/mol. The minimum atomic E-state index is -4.63. The molecule has 4 aromatic rings. The van der Waals surface area contributed by atoms with Gasteiger partial charge < -0.3 is 19.1 Å². The standard InChI is InChI=1S/C30H26ClF4N3O4/c31-23-3-1-17(9-24(23)32)16-42-27-12-20-13-37(7-5-18(20)10-22(27)30(33,34)35)15-28-36-25-4-2-19(29(39)40)11-26(25)38(28)14-21-6-8-41-21/h1-4,9-12,21H,5-8,13-16H2,(H,39,40)/t21-/m0/s1. The van der Waals surface area contributed by atoms with E-state index in [2.05, 4.69) is 4.90 Å². The van der Waals surface area contributed by atoms with Crippen LogP contribution in [0.25, 0.3) is 11.0 Å². The molecule has 1 N–H and O–H groups in total. The van der Waals surface area contributed by atoms with Crippen LogP contribution in [0.4, 0.5) is 17.6 Å². The Kier molecular flexibility index (Phi) is 7.59. The highest BCUT2D eigenvalue weighted by Crippen LogP contribution is 2.40. The molecule has 0 bridgehead atoms. The maximum Gasteiger partial charge on any atom is 0.419 e. The zero-order chi connectivity index (χ0) is 29.6. The molecule has 1 atom stereocenters. The summed E-state index contributed by atoms with van der Waals surface area (Å²) in [4.78, 5) is 18.5. The van der Waals surface area contributed by atoms with Crippen LogP contribution in [0.1, 0.15) is 44.9 Å². The van der Waals surface area contributed by atoms with Gasteiger partial charge in [0.15, 0.2) is 0 Å². The van der Waals surface area contributed by atoms with Crippen LogP contribution in [0.5, 0.6) is 5.75 Å². The van der Waals surface area contributed by atoms with Gasteiger partial charge in [-0.3, -0.25) is 4.90 Å². The number of carboxylic acid groups (broad SMARTS) is 1. The number of hydrogen-bond acceptors (Lipinski definition) is 5. The van der Waals surface area contributed by atoms with Crippen molar-refractivity contribution in [3.05, 3.63) is 93.0 Å². The summed E-state index contributed by atoms with van der Waals surface area (Å²) < 4.78 is 68.9. The van der Waals surface area contributed by atoms with Crippen molar-refractivity contribution in [1.29, 1.82) is 0 Å². The molecule has 3 heterocycles. The highest BCUT2D eigenvalue weighted by molar-refractivity contribution is 6.30. The summed E-state index contributed by atoms with van der Waals surface area (Å²) in [6.07, 6.45) is -3.33. The second-order valence-corrected chi connectivity index (χ2v) is 10.9. The number of carboxylic acids is 1. The number of alkyl halides is 3. The number of aromatic carboxylic acids is 1. The van der Waals surface area contributed by atoms with E-state index in [4.69, 9.17) is 26.1 Å². The predicted molar refractivity (Wildman–Crippen MR) is 146 cm³/mol. The highest BCUT2D eigenvalue weighted by atomic mass is 35.5. The predicted octanol–water partition coefficient (Wildman–Crippen LogP) is 6.47. The highest BCUT2D eigenvalue weighted by Gasteiger charge is 2.36. The number of hydrogen-bond donors (Lipinski definition) is 1. The molecule has 0 amide bonds. The van der Waals surface area contributed by atoms with E-state index in [0.29, 0.717) is 66.9 Å². The van der Waals surface area contributed by atoms with Gasteiger partial charge in [0.05, 0.1) is 46.4 Å². The van der Waals surface area contributed by atoms with E-state index >= 15 is 0 Å². The van der Waals surface area contributed by atoms with Crippen LogP contribution in [0, 0.1) is 5.82 Å². The average Bonchev–Trinajstić information content (AvgIpc) is 3.26. The lowest BCUT2D eigenvalue weighted by atomic mass is 9.96. The molecule has 0 unspecified atom stereocenters. The molecule has 3 aromatic carbocycles. The number of fused-ring (bicyclic) bond motifs is 2. The van der Waals surface area contributed by atoms with Crippen LogP contribution in [0.15, 0.2) is 48.5 Å². The molecule has 0 radical (unpaired) electrons. The van der Waals surface area contributed by atoms with Gasteiger partial charge in [0.2, 0.25) is 0 Å². The fourth-order valence-corrected chi connectivity index (χ4v) is 5.49. The van der Waals surface area contributed by atoms with Crippen molar-refractivity contribution < 1.29 is 36.9 Å². The monoisotopic (exact) mass is 603 g/mol. The SMILES string of the molecule is O=C(O)c1ccc2nc(CN3CCc4cc(C(F)(F)F)c(OCc5ccc(Cl)c(F)c5)cc4C3)n(C[C@@H]3CCO3)c2c1. The third-order valence-electron chi connectivity index (χ3n) is 7.70. The number of halogens is 5. The summed E-state index contributed by atoms with van der Waals surface area (Å²) in [6, 6.07) is 11.3. The molecule has 0 aliphatic carbocycles. The minimum Gasteiger partial charge on any atom is -0.488 e. The number of benzene rings is 3. The number of nitrogens with zero attached hydrogens (tertiary/aromatic N) is 3. The number of rotatable bonds is 8. The molecular weight excluding hydrogens is 578 g/mol. The Labute approximate surface area is 243 Å². The fourth-order valence-electron chi connectivity index (χ4n) is 5.37. The Morgan fingerprint density at radius 3 is 2.64 bits per heavy atom. The van der Waals surface area contributed by atoms with E-state index < -0.39 is 23.5 Å². The topological polar surface area (TPSA) is 76.8 Å². The van der Waals surface area contributed by atoms with Crippen molar-refractivity contribution in [3.8, 4) is 5.75 Å². The zero-order valence-corrected chi connectivity index (χ0v) is 23.0. The second kappa shape index (κ2) is 11.2. The molecular formula is C30H26ClF4N3O4. The van der Waals surface area contributed by atoms with E-state index in [0.717, 1.165) is 24.4 Å². The second-order valence-electron chi connectivity index (χ2n) is 10.5. The number of ether oxygens (including phenoxy) is 2. The van der Waals surface area contributed by atoms with Crippen LogP contribution in [0.3, 0.4) is 0 Å². The molecule has 2 aliphatic heterocycles. The zero-order valence-electron chi connectivity index (χ0n) is 22.3. The van der Waals surface area contributed by atoms with Gasteiger partial charge in [-0.15, -0.1) is 0 Å². The van der Waals surface area contributed by atoms with Crippen molar-refractivity contribution in [2.24, 2.45) is 0 Å². The van der Waals surface area contributed by atoms with Gasteiger partial charge in [-0.1, -0.05) is 17.7 Å².